The van der Waals surface area contributed by atoms with Gasteiger partial charge in [0.25, 0.3) is 0 Å². The number of anilines is 1. The molecule has 2 rings (SSSR count). The van der Waals surface area contributed by atoms with E-state index >= 15 is 0 Å². The topological polar surface area (TPSA) is 41.1 Å². The molecule has 1 amide bonds. The van der Waals surface area contributed by atoms with Crippen molar-refractivity contribution < 1.29 is 4.79 Å². The minimum Gasteiger partial charge on any atom is -0.325 e. The lowest BCUT2D eigenvalue weighted by Gasteiger charge is -2.28. The van der Waals surface area contributed by atoms with Crippen LogP contribution < -0.4 is 10.6 Å². The number of nitrogens with one attached hydrogen (secondary N) is 2. The Morgan fingerprint density at radius 3 is 2.50 bits per heavy atom. The predicted octanol–water partition coefficient (Wildman–Crippen LogP) is 3.49. The Bertz CT molecular complexity index is 421. The van der Waals surface area contributed by atoms with Gasteiger partial charge < -0.3 is 10.6 Å². The van der Waals surface area contributed by atoms with E-state index in [2.05, 4.69) is 17.6 Å². The lowest BCUT2D eigenvalue weighted by Crippen LogP contribution is -2.39. The normalized spacial score (nSPS) is 17.7. The first-order chi connectivity index (χ1) is 9.65. The van der Waals surface area contributed by atoms with Crippen LogP contribution in [0.2, 0.25) is 0 Å². The fraction of sp³-hybridized carbons (Fsp3) is 0.588. The number of hydrogen-bond donors (Lipinski definition) is 2. The Morgan fingerprint density at radius 1 is 1.20 bits per heavy atom. The molecule has 0 bridgehead atoms. The molecule has 1 aromatic carbocycles. The third kappa shape index (κ3) is 4.64. The van der Waals surface area contributed by atoms with Crippen LogP contribution in [0.15, 0.2) is 24.3 Å². The van der Waals surface area contributed by atoms with Gasteiger partial charge in [-0.25, -0.2) is 0 Å². The van der Waals surface area contributed by atoms with Gasteiger partial charge in [-0.05, 0) is 44.7 Å². The van der Waals surface area contributed by atoms with Crippen molar-refractivity contribution in [2.24, 2.45) is 5.92 Å². The summed E-state index contributed by atoms with van der Waals surface area (Å²) in [7, 11) is 0. The molecule has 0 heterocycles. The van der Waals surface area contributed by atoms with E-state index in [0.717, 1.165) is 11.6 Å². The fourth-order valence-electron chi connectivity index (χ4n) is 2.90. The van der Waals surface area contributed by atoms with Crippen molar-refractivity contribution in [3.05, 3.63) is 29.8 Å². The molecule has 2 N–H and O–H groups in total. The highest BCUT2D eigenvalue weighted by atomic mass is 16.1. The zero-order valence-electron chi connectivity index (χ0n) is 12.6. The summed E-state index contributed by atoms with van der Waals surface area (Å²) in [6.45, 7) is 4.64. The number of carbonyl (C=O) groups is 1. The van der Waals surface area contributed by atoms with Crippen LogP contribution in [0, 0.1) is 12.8 Å². The Labute approximate surface area is 122 Å². The van der Waals surface area contributed by atoms with Crippen molar-refractivity contribution in [1.29, 1.82) is 0 Å². The lowest BCUT2D eigenvalue weighted by molar-refractivity contribution is -0.115. The van der Waals surface area contributed by atoms with Crippen LogP contribution in [0.3, 0.4) is 0 Å². The molecule has 0 spiro atoms. The van der Waals surface area contributed by atoms with Crippen molar-refractivity contribution in [3.63, 3.8) is 0 Å². The number of benzene rings is 1. The summed E-state index contributed by atoms with van der Waals surface area (Å²) in [5.41, 5.74) is 2.07. The molecule has 3 nitrogen and oxygen atoms in total. The maximum atomic E-state index is 11.9. The molecule has 1 unspecified atom stereocenters. The third-order valence-electron chi connectivity index (χ3n) is 4.28. The quantitative estimate of drug-likeness (QED) is 0.863. The highest BCUT2D eigenvalue weighted by molar-refractivity contribution is 5.92. The molecule has 1 fully saturated rings. The molecule has 1 atom stereocenters. The number of aryl methyl sites for hydroxylation is 1. The van der Waals surface area contributed by atoms with Crippen LogP contribution in [0.25, 0.3) is 0 Å². The van der Waals surface area contributed by atoms with E-state index in [9.17, 15) is 4.79 Å². The second kappa shape index (κ2) is 7.44. The van der Waals surface area contributed by atoms with E-state index in [4.69, 9.17) is 0 Å². The molecular weight excluding hydrogens is 248 g/mol. The Hall–Kier alpha value is -1.35. The Kier molecular flexibility index (Phi) is 5.60. The van der Waals surface area contributed by atoms with Crippen molar-refractivity contribution >= 4 is 11.6 Å². The molecular formula is C17H26N2O. The van der Waals surface area contributed by atoms with Gasteiger partial charge in [-0.15, -0.1) is 0 Å². The number of amides is 1. The van der Waals surface area contributed by atoms with Gasteiger partial charge in [-0.2, -0.15) is 0 Å². The SMILES string of the molecule is Cc1ccc(NC(=O)CNC(C)C2CCCCC2)cc1. The van der Waals surface area contributed by atoms with Crippen molar-refractivity contribution in [1.82, 2.24) is 5.32 Å². The molecule has 110 valence electrons. The molecule has 20 heavy (non-hydrogen) atoms. The summed E-state index contributed by atoms with van der Waals surface area (Å²) in [6.07, 6.45) is 6.65. The van der Waals surface area contributed by atoms with Crippen molar-refractivity contribution in [2.45, 2.75) is 52.0 Å². The van der Waals surface area contributed by atoms with E-state index in [0.29, 0.717) is 12.6 Å². The first-order valence-electron chi connectivity index (χ1n) is 7.75. The molecule has 0 aliphatic heterocycles. The summed E-state index contributed by atoms with van der Waals surface area (Å²) < 4.78 is 0. The van der Waals surface area contributed by atoms with Gasteiger partial charge in [0.1, 0.15) is 0 Å². The van der Waals surface area contributed by atoms with Crippen LogP contribution in [0.5, 0.6) is 0 Å². The van der Waals surface area contributed by atoms with E-state index in [1.807, 2.05) is 31.2 Å². The van der Waals surface area contributed by atoms with Crippen molar-refractivity contribution in [3.8, 4) is 0 Å². The molecule has 1 aromatic rings. The van der Waals surface area contributed by atoms with Crippen LogP contribution in [-0.2, 0) is 4.79 Å². The van der Waals surface area contributed by atoms with Gasteiger partial charge in [0.15, 0.2) is 0 Å². The minimum atomic E-state index is 0.0384. The van der Waals surface area contributed by atoms with Gasteiger partial charge in [0.05, 0.1) is 6.54 Å². The maximum absolute atomic E-state index is 11.9. The lowest BCUT2D eigenvalue weighted by atomic mass is 9.84. The highest BCUT2D eigenvalue weighted by Gasteiger charge is 2.20. The summed E-state index contributed by atoms with van der Waals surface area (Å²) in [6, 6.07) is 8.33. The van der Waals surface area contributed by atoms with E-state index in [-0.39, 0.29) is 5.91 Å². The fourth-order valence-corrected chi connectivity index (χ4v) is 2.90. The van der Waals surface area contributed by atoms with Crippen LogP contribution in [0.4, 0.5) is 5.69 Å². The van der Waals surface area contributed by atoms with Gasteiger partial charge in [-0.1, -0.05) is 37.0 Å². The molecule has 1 aliphatic carbocycles. The minimum absolute atomic E-state index is 0.0384. The molecule has 1 saturated carbocycles. The van der Waals surface area contributed by atoms with Crippen LogP contribution >= 0.6 is 0 Å². The van der Waals surface area contributed by atoms with Gasteiger partial charge in [-0.3, -0.25) is 4.79 Å². The Morgan fingerprint density at radius 2 is 1.85 bits per heavy atom. The highest BCUT2D eigenvalue weighted by Crippen LogP contribution is 2.26. The second-order valence-electron chi connectivity index (χ2n) is 5.98. The molecule has 3 heteroatoms. The molecule has 1 aliphatic rings. The predicted molar refractivity (Wildman–Crippen MR) is 83.8 cm³/mol. The van der Waals surface area contributed by atoms with Gasteiger partial charge >= 0.3 is 0 Å². The zero-order valence-corrected chi connectivity index (χ0v) is 12.6. The number of rotatable bonds is 5. The summed E-state index contributed by atoms with van der Waals surface area (Å²) in [4.78, 5) is 11.9. The molecule has 0 aromatic heterocycles. The maximum Gasteiger partial charge on any atom is 0.238 e. The standard InChI is InChI=1S/C17H26N2O/c1-13-8-10-16(11-9-13)19-17(20)12-18-14(2)15-6-4-3-5-7-15/h8-11,14-15,18H,3-7,12H2,1-2H3,(H,19,20). The average molecular weight is 274 g/mol. The Balaban J connectivity index is 1.72. The number of carbonyl (C=O) groups excluding carboxylic acids is 1. The average Bonchev–Trinajstić information content (AvgIpc) is 2.48. The zero-order chi connectivity index (χ0) is 14.4. The second-order valence-corrected chi connectivity index (χ2v) is 5.98. The largest absolute Gasteiger partial charge is 0.325 e. The van der Waals surface area contributed by atoms with Crippen LogP contribution in [0.1, 0.15) is 44.6 Å². The summed E-state index contributed by atoms with van der Waals surface area (Å²) in [5.74, 6) is 0.771. The third-order valence-corrected chi connectivity index (χ3v) is 4.28. The summed E-state index contributed by atoms with van der Waals surface area (Å²) >= 11 is 0. The summed E-state index contributed by atoms with van der Waals surface area (Å²) in [5, 5.41) is 6.30. The van der Waals surface area contributed by atoms with E-state index in [1.54, 1.807) is 0 Å². The first kappa shape index (κ1) is 15.0. The van der Waals surface area contributed by atoms with Crippen LogP contribution in [-0.4, -0.2) is 18.5 Å². The first-order valence-corrected chi connectivity index (χ1v) is 7.75. The smallest absolute Gasteiger partial charge is 0.238 e. The van der Waals surface area contributed by atoms with E-state index in [1.165, 1.54) is 37.7 Å². The molecule has 0 radical (unpaired) electrons. The van der Waals surface area contributed by atoms with Crippen molar-refractivity contribution in [2.75, 3.05) is 11.9 Å². The monoisotopic (exact) mass is 274 g/mol. The van der Waals surface area contributed by atoms with Gasteiger partial charge in [0.2, 0.25) is 5.91 Å². The van der Waals surface area contributed by atoms with E-state index < -0.39 is 0 Å². The number of hydrogen-bond acceptors (Lipinski definition) is 2. The van der Waals surface area contributed by atoms with Gasteiger partial charge in [0, 0.05) is 11.7 Å². The molecule has 0 saturated heterocycles.